The summed E-state index contributed by atoms with van der Waals surface area (Å²) in [5.74, 6) is 0. The number of azo groups is 1. The predicted octanol–water partition coefficient (Wildman–Crippen LogP) is 4.90. The zero-order chi connectivity index (χ0) is 21.5. The highest BCUT2D eigenvalue weighted by atomic mass is 32.2. The average molecular weight is 442 g/mol. The van der Waals surface area contributed by atoms with Crippen molar-refractivity contribution in [2.24, 2.45) is 10.2 Å². The Hall–Kier alpha value is -3.18. The fourth-order valence-corrected chi connectivity index (χ4v) is 4.82. The number of hydrogen-bond donors (Lipinski definition) is 2. The Kier molecular flexibility index (Phi) is 4.86. The van der Waals surface area contributed by atoms with E-state index in [1.165, 1.54) is 18.2 Å². The van der Waals surface area contributed by atoms with Crippen LogP contribution in [0.5, 0.6) is 0 Å². The Morgan fingerprint density at radius 1 is 0.633 bits per heavy atom. The van der Waals surface area contributed by atoms with Crippen LogP contribution >= 0.6 is 0 Å². The van der Waals surface area contributed by atoms with Gasteiger partial charge in [0.15, 0.2) is 0 Å². The smallest absolute Gasteiger partial charge is 0.282 e. The lowest BCUT2D eigenvalue weighted by Crippen LogP contribution is -2.05. The third-order valence-corrected chi connectivity index (χ3v) is 6.30. The van der Waals surface area contributed by atoms with Gasteiger partial charge in [0.1, 0.15) is 15.5 Å². The Morgan fingerprint density at radius 3 is 1.90 bits per heavy atom. The minimum atomic E-state index is -4.92. The summed E-state index contributed by atoms with van der Waals surface area (Å²) in [5, 5.41) is 9.66. The van der Waals surface area contributed by atoms with Crippen LogP contribution in [0.3, 0.4) is 0 Å². The topological polar surface area (TPSA) is 133 Å². The van der Waals surface area contributed by atoms with E-state index in [1.807, 2.05) is 18.2 Å². The van der Waals surface area contributed by atoms with Gasteiger partial charge in [0.2, 0.25) is 0 Å². The van der Waals surface area contributed by atoms with E-state index in [0.717, 1.165) is 11.5 Å². The quantitative estimate of drug-likeness (QED) is 0.341. The molecule has 0 fully saturated rings. The zero-order valence-electron chi connectivity index (χ0n) is 15.2. The van der Waals surface area contributed by atoms with Crippen molar-refractivity contribution in [1.82, 2.24) is 0 Å². The van der Waals surface area contributed by atoms with Gasteiger partial charge in [-0.1, -0.05) is 60.7 Å². The van der Waals surface area contributed by atoms with Crippen molar-refractivity contribution in [2.45, 2.75) is 9.79 Å². The van der Waals surface area contributed by atoms with Gasteiger partial charge < -0.3 is 0 Å². The van der Waals surface area contributed by atoms with Crippen molar-refractivity contribution in [3.8, 4) is 0 Å². The zero-order valence-corrected chi connectivity index (χ0v) is 16.8. The second-order valence-electron chi connectivity index (χ2n) is 6.42. The fraction of sp³-hybridized carbons (Fsp3) is 0. The van der Waals surface area contributed by atoms with Crippen molar-refractivity contribution in [3.63, 3.8) is 0 Å². The molecule has 0 saturated heterocycles. The predicted molar refractivity (Wildman–Crippen MR) is 112 cm³/mol. The van der Waals surface area contributed by atoms with Gasteiger partial charge in [-0.3, -0.25) is 9.11 Å². The normalized spacial score (nSPS) is 12.7. The molecule has 0 radical (unpaired) electrons. The molecule has 152 valence electrons. The first-order chi connectivity index (χ1) is 14.2. The number of rotatable bonds is 4. The first-order valence-electron chi connectivity index (χ1n) is 8.56. The minimum Gasteiger partial charge on any atom is -0.282 e. The van der Waals surface area contributed by atoms with Crippen LogP contribution < -0.4 is 0 Å². The fourth-order valence-electron chi connectivity index (χ4n) is 3.23. The molecule has 0 saturated carbocycles. The van der Waals surface area contributed by atoms with E-state index in [1.54, 1.807) is 30.3 Å². The van der Waals surface area contributed by atoms with Crippen molar-refractivity contribution in [1.29, 1.82) is 0 Å². The van der Waals surface area contributed by atoms with Crippen molar-refractivity contribution < 1.29 is 25.9 Å². The molecule has 10 heteroatoms. The molecule has 0 bridgehead atoms. The molecular formula is C20H14N2O6S2. The molecule has 0 aliphatic heterocycles. The number of benzene rings is 4. The van der Waals surface area contributed by atoms with E-state index in [4.69, 9.17) is 0 Å². The molecule has 4 rings (SSSR count). The molecule has 4 aromatic rings. The molecule has 0 spiro atoms. The highest BCUT2D eigenvalue weighted by molar-refractivity contribution is 7.87. The van der Waals surface area contributed by atoms with Crippen LogP contribution in [0.25, 0.3) is 21.5 Å². The molecule has 0 heterocycles. The average Bonchev–Trinajstić information content (AvgIpc) is 2.69. The highest BCUT2D eigenvalue weighted by Crippen LogP contribution is 2.39. The molecule has 0 unspecified atom stereocenters. The summed E-state index contributed by atoms with van der Waals surface area (Å²) >= 11 is 0. The third-order valence-electron chi connectivity index (χ3n) is 4.50. The molecule has 30 heavy (non-hydrogen) atoms. The van der Waals surface area contributed by atoms with E-state index in [9.17, 15) is 25.9 Å². The van der Waals surface area contributed by atoms with Crippen LogP contribution in [0, 0.1) is 0 Å². The summed E-state index contributed by atoms with van der Waals surface area (Å²) in [4.78, 5) is -1.53. The van der Waals surface area contributed by atoms with Crippen LogP contribution in [0.4, 0.5) is 11.4 Å². The molecule has 8 nitrogen and oxygen atoms in total. The number of fused-ring (bicyclic) bond motifs is 2. The maximum atomic E-state index is 12.1. The van der Waals surface area contributed by atoms with Gasteiger partial charge in [0.25, 0.3) is 20.2 Å². The number of hydrogen-bond acceptors (Lipinski definition) is 6. The van der Waals surface area contributed by atoms with Gasteiger partial charge in [0, 0.05) is 10.8 Å². The molecular weight excluding hydrogens is 428 g/mol. The lowest BCUT2D eigenvalue weighted by Gasteiger charge is -2.11. The van der Waals surface area contributed by atoms with Crippen LogP contribution in [-0.2, 0) is 20.2 Å². The summed E-state index contributed by atoms with van der Waals surface area (Å²) in [7, 11) is -9.80. The Bertz CT molecular complexity index is 1540. The van der Waals surface area contributed by atoms with Crippen LogP contribution in [-0.4, -0.2) is 25.9 Å². The third kappa shape index (κ3) is 3.68. The van der Waals surface area contributed by atoms with Gasteiger partial charge in [-0.25, -0.2) is 0 Å². The Balaban J connectivity index is 2.08. The summed E-state index contributed by atoms with van der Waals surface area (Å²) in [5.41, 5.74) is -0.324. The molecule has 0 aliphatic carbocycles. The van der Waals surface area contributed by atoms with Gasteiger partial charge >= 0.3 is 0 Å². The van der Waals surface area contributed by atoms with Gasteiger partial charge in [-0.15, -0.1) is 10.2 Å². The number of nitrogens with zero attached hydrogens (tertiary/aromatic N) is 2. The molecule has 0 amide bonds. The van der Waals surface area contributed by atoms with Crippen molar-refractivity contribution in [2.75, 3.05) is 0 Å². The van der Waals surface area contributed by atoms with Crippen molar-refractivity contribution >= 4 is 53.2 Å². The standard InChI is InChI=1S/C20H14N2O6S2/c23-29(24,25)18-12-14-7-2-4-10-16(14)20(30(26,27)28)19(18)22-21-17-11-5-8-13-6-1-3-9-15(13)17/h1-12H,(H,23,24,25)(H,26,27,28). The van der Waals surface area contributed by atoms with E-state index < -0.39 is 35.7 Å². The summed E-state index contributed by atoms with van der Waals surface area (Å²) < 4.78 is 67.8. The lowest BCUT2D eigenvalue weighted by molar-refractivity contribution is 0.482. The monoisotopic (exact) mass is 442 g/mol. The maximum absolute atomic E-state index is 12.1. The largest absolute Gasteiger partial charge is 0.297 e. The highest BCUT2D eigenvalue weighted by Gasteiger charge is 2.28. The van der Waals surface area contributed by atoms with E-state index >= 15 is 0 Å². The van der Waals surface area contributed by atoms with E-state index in [-0.39, 0.29) is 10.8 Å². The molecule has 2 N–H and O–H groups in total. The second-order valence-corrected chi connectivity index (χ2v) is 9.17. The summed E-state index contributed by atoms with van der Waals surface area (Å²) in [6.07, 6.45) is 0. The SMILES string of the molecule is O=S(=O)(O)c1cc2ccccc2c(S(=O)(=O)O)c1N=Nc1cccc2ccccc12. The molecule has 0 atom stereocenters. The van der Waals surface area contributed by atoms with Crippen LogP contribution in [0.15, 0.2) is 92.8 Å². The first kappa shape index (κ1) is 20.1. The summed E-state index contributed by atoms with van der Waals surface area (Å²) in [6, 6.07) is 19.4. The van der Waals surface area contributed by atoms with Gasteiger partial charge in [0.05, 0.1) is 5.69 Å². The van der Waals surface area contributed by atoms with E-state index in [0.29, 0.717) is 11.1 Å². The Morgan fingerprint density at radius 2 is 1.23 bits per heavy atom. The first-order valence-corrected chi connectivity index (χ1v) is 11.4. The van der Waals surface area contributed by atoms with Gasteiger partial charge in [-0.05, 0) is 22.9 Å². The summed E-state index contributed by atoms with van der Waals surface area (Å²) in [6.45, 7) is 0. The molecule has 0 aliphatic rings. The maximum Gasteiger partial charge on any atom is 0.297 e. The molecule has 4 aromatic carbocycles. The minimum absolute atomic E-state index is 0.0410. The van der Waals surface area contributed by atoms with E-state index in [2.05, 4.69) is 10.2 Å². The lowest BCUT2D eigenvalue weighted by atomic mass is 10.1. The van der Waals surface area contributed by atoms with Crippen LogP contribution in [0.2, 0.25) is 0 Å². The molecule has 0 aromatic heterocycles. The Labute approximate surface area is 172 Å². The second kappa shape index (κ2) is 7.26. The van der Waals surface area contributed by atoms with Crippen LogP contribution in [0.1, 0.15) is 0 Å². The van der Waals surface area contributed by atoms with Crippen molar-refractivity contribution in [3.05, 3.63) is 72.8 Å². The van der Waals surface area contributed by atoms with Gasteiger partial charge in [-0.2, -0.15) is 16.8 Å².